The number of nitrogens with zero attached hydrogens (tertiary/aromatic N) is 1. The highest BCUT2D eigenvalue weighted by atomic mass is 35.5. The second-order valence-electron chi connectivity index (χ2n) is 6.75. The third kappa shape index (κ3) is 2.38. The number of halogens is 1. The molecule has 4 nitrogen and oxygen atoms in total. The van der Waals surface area contributed by atoms with Crippen molar-refractivity contribution in [1.82, 2.24) is 10.2 Å². The maximum Gasteiger partial charge on any atom is 0.317 e. The number of ether oxygens (including phenoxy) is 1. The highest BCUT2D eigenvalue weighted by molar-refractivity contribution is 6.30. The average molecular weight is 321 g/mol. The molecule has 118 valence electrons. The Morgan fingerprint density at radius 2 is 2.00 bits per heavy atom. The molecule has 3 aliphatic heterocycles. The van der Waals surface area contributed by atoms with E-state index in [1.165, 1.54) is 12.8 Å². The van der Waals surface area contributed by atoms with Gasteiger partial charge in [0.25, 0.3) is 0 Å². The van der Waals surface area contributed by atoms with E-state index in [1.807, 2.05) is 36.1 Å². The van der Waals surface area contributed by atoms with Crippen molar-refractivity contribution in [2.75, 3.05) is 13.1 Å². The van der Waals surface area contributed by atoms with Gasteiger partial charge < -0.3 is 15.0 Å². The molecule has 22 heavy (non-hydrogen) atoms. The summed E-state index contributed by atoms with van der Waals surface area (Å²) in [6.07, 6.45) is 3.11. The highest BCUT2D eigenvalue weighted by Gasteiger charge is 2.53. The van der Waals surface area contributed by atoms with Crippen molar-refractivity contribution < 1.29 is 9.53 Å². The lowest BCUT2D eigenvalue weighted by molar-refractivity contribution is 0.0737. The van der Waals surface area contributed by atoms with E-state index in [4.69, 9.17) is 16.3 Å². The molecular weight excluding hydrogens is 300 g/mol. The molecule has 0 aliphatic carbocycles. The van der Waals surface area contributed by atoms with Crippen molar-refractivity contribution in [2.24, 2.45) is 11.8 Å². The van der Waals surface area contributed by atoms with Crippen LogP contribution in [-0.4, -0.2) is 36.2 Å². The van der Waals surface area contributed by atoms with Gasteiger partial charge in [0.1, 0.15) is 0 Å². The van der Waals surface area contributed by atoms with Crippen LogP contribution in [0.15, 0.2) is 24.3 Å². The van der Waals surface area contributed by atoms with E-state index in [9.17, 15) is 4.79 Å². The number of hydrogen-bond donors (Lipinski definition) is 1. The largest absolute Gasteiger partial charge is 0.374 e. The molecule has 4 rings (SSSR count). The topological polar surface area (TPSA) is 41.6 Å². The molecule has 5 atom stereocenters. The predicted molar refractivity (Wildman–Crippen MR) is 84.8 cm³/mol. The molecule has 3 fully saturated rings. The number of hydrogen-bond acceptors (Lipinski definition) is 2. The van der Waals surface area contributed by atoms with E-state index in [0.717, 1.165) is 18.7 Å². The van der Waals surface area contributed by atoms with E-state index in [2.05, 4.69) is 5.32 Å². The fourth-order valence-corrected chi connectivity index (χ4v) is 4.46. The molecule has 3 saturated heterocycles. The van der Waals surface area contributed by atoms with E-state index in [0.29, 0.717) is 29.1 Å². The minimum Gasteiger partial charge on any atom is -0.374 e. The van der Waals surface area contributed by atoms with Crippen LogP contribution >= 0.6 is 11.6 Å². The smallest absolute Gasteiger partial charge is 0.317 e. The zero-order valence-corrected chi connectivity index (χ0v) is 13.4. The lowest BCUT2D eigenvalue weighted by atomic mass is 9.82. The molecule has 0 saturated carbocycles. The van der Waals surface area contributed by atoms with E-state index >= 15 is 0 Å². The first kappa shape index (κ1) is 14.3. The number of nitrogens with one attached hydrogen (secondary N) is 1. The van der Waals surface area contributed by atoms with Crippen LogP contribution in [0.3, 0.4) is 0 Å². The molecule has 5 heteroatoms. The third-order valence-electron chi connectivity index (χ3n) is 5.43. The number of fused-ring (bicyclic) bond motifs is 5. The number of carbonyl (C=O) groups is 1. The lowest BCUT2D eigenvalue weighted by Gasteiger charge is -2.22. The Kier molecular flexibility index (Phi) is 3.54. The zero-order chi connectivity index (χ0) is 15.3. The number of urea groups is 1. The second kappa shape index (κ2) is 5.43. The number of carbonyl (C=O) groups excluding carboxylic acids is 1. The molecule has 3 aliphatic rings. The van der Waals surface area contributed by atoms with Crippen LogP contribution in [0.4, 0.5) is 4.79 Å². The summed E-state index contributed by atoms with van der Waals surface area (Å²) in [5, 5.41) is 3.79. The van der Waals surface area contributed by atoms with Gasteiger partial charge in [0.15, 0.2) is 0 Å². The maximum absolute atomic E-state index is 12.5. The summed E-state index contributed by atoms with van der Waals surface area (Å²) in [6.45, 7) is 3.66. The molecule has 0 radical (unpaired) electrons. The minimum absolute atomic E-state index is 0.0290. The van der Waals surface area contributed by atoms with Gasteiger partial charge in [-0.15, -0.1) is 0 Å². The van der Waals surface area contributed by atoms with Crippen LogP contribution in [0.2, 0.25) is 5.02 Å². The molecule has 1 N–H and O–H groups in total. The fraction of sp³-hybridized carbons (Fsp3) is 0.588. The van der Waals surface area contributed by atoms with Gasteiger partial charge in [-0.3, -0.25) is 0 Å². The van der Waals surface area contributed by atoms with Crippen molar-refractivity contribution in [1.29, 1.82) is 0 Å². The summed E-state index contributed by atoms with van der Waals surface area (Å²) in [4.78, 5) is 14.5. The Balaban J connectivity index is 1.39. The monoisotopic (exact) mass is 320 g/mol. The quantitative estimate of drug-likeness (QED) is 0.909. The van der Waals surface area contributed by atoms with Gasteiger partial charge in [-0.2, -0.15) is 0 Å². The van der Waals surface area contributed by atoms with E-state index in [1.54, 1.807) is 0 Å². The van der Waals surface area contributed by atoms with Crippen LogP contribution in [0.1, 0.15) is 31.4 Å². The van der Waals surface area contributed by atoms with Crippen LogP contribution < -0.4 is 5.32 Å². The molecule has 2 bridgehead atoms. The molecular formula is C17H21ClN2O2. The van der Waals surface area contributed by atoms with Crippen LogP contribution in [-0.2, 0) is 4.74 Å². The standard InChI is InChI=1S/C17H21ClN2O2/c1-10(11-3-2-4-12(18)7-11)19-17(21)20-8-13-14(9-20)16-6-5-15(13)22-16/h2-4,7,10,13-16H,5-6,8-9H2,1H3,(H,19,21)/t10-,13-,14+,15+,16+/m0/s1. The van der Waals surface area contributed by atoms with E-state index in [-0.39, 0.29) is 12.1 Å². The van der Waals surface area contributed by atoms with Crippen molar-refractivity contribution in [3.8, 4) is 0 Å². The first-order valence-electron chi connectivity index (χ1n) is 8.08. The Hall–Kier alpha value is -1.26. The first-order valence-corrected chi connectivity index (χ1v) is 8.46. The summed E-state index contributed by atoms with van der Waals surface area (Å²) in [5.74, 6) is 1.09. The van der Waals surface area contributed by atoms with Crippen LogP contribution in [0.25, 0.3) is 0 Å². The third-order valence-corrected chi connectivity index (χ3v) is 5.66. The Morgan fingerprint density at radius 3 is 2.64 bits per heavy atom. The van der Waals surface area contributed by atoms with Crippen LogP contribution in [0, 0.1) is 11.8 Å². The first-order chi connectivity index (χ1) is 10.6. The molecule has 1 aromatic carbocycles. The SMILES string of the molecule is C[C@H](NC(=O)N1C[C@@H]2[C@H](C1)[C@H]1CC[C@H]2O1)c1cccc(Cl)c1. The summed E-state index contributed by atoms with van der Waals surface area (Å²) < 4.78 is 5.96. The van der Waals surface area contributed by atoms with Gasteiger partial charge in [-0.05, 0) is 37.5 Å². The molecule has 0 spiro atoms. The number of rotatable bonds is 2. The minimum atomic E-state index is -0.0420. The number of amides is 2. The Morgan fingerprint density at radius 1 is 1.32 bits per heavy atom. The maximum atomic E-state index is 12.5. The van der Waals surface area contributed by atoms with Gasteiger partial charge in [0.05, 0.1) is 18.2 Å². The van der Waals surface area contributed by atoms with Crippen molar-refractivity contribution in [2.45, 2.75) is 38.0 Å². The van der Waals surface area contributed by atoms with Gasteiger partial charge in [0.2, 0.25) is 0 Å². The molecule has 0 aromatic heterocycles. The summed E-state index contributed by atoms with van der Waals surface area (Å²) >= 11 is 6.02. The van der Waals surface area contributed by atoms with E-state index < -0.39 is 0 Å². The van der Waals surface area contributed by atoms with Crippen molar-refractivity contribution in [3.05, 3.63) is 34.9 Å². The lowest BCUT2D eigenvalue weighted by Crippen LogP contribution is -2.40. The molecule has 0 unspecified atom stereocenters. The summed E-state index contributed by atoms with van der Waals surface area (Å²) in [7, 11) is 0. The van der Waals surface area contributed by atoms with Crippen molar-refractivity contribution in [3.63, 3.8) is 0 Å². The Labute approximate surface area is 135 Å². The average Bonchev–Trinajstić information content (AvgIpc) is 3.19. The summed E-state index contributed by atoms with van der Waals surface area (Å²) in [5.41, 5.74) is 1.03. The van der Waals surface area contributed by atoms with Crippen molar-refractivity contribution >= 4 is 17.6 Å². The highest BCUT2D eigenvalue weighted by Crippen LogP contribution is 2.47. The van der Waals surface area contributed by atoms with Gasteiger partial charge >= 0.3 is 6.03 Å². The summed E-state index contributed by atoms with van der Waals surface area (Å²) in [6, 6.07) is 7.64. The molecule has 3 heterocycles. The predicted octanol–water partition coefficient (Wildman–Crippen LogP) is 3.22. The normalized spacial score (nSPS) is 33.8. The fourth-order valence-electron chi connectivity index (χ4n) is 4.26. The zero-order valence-electron chi connectivity index (χ0n) is 12.7. The Bertz CT molecular complexity index is 576. The molecule has 2 amide bonds. The van der Waals surface area contributed by atoms with Gasteiger partial charge in [-0.25, -0.2) is 4.79 Å². The number of benzene rings is 1. The van der Waals surface area contributed by atoms with Crippen LogP contribution in [0.5, 0.6) is 0 Å². The second-order valence-corrected chi connectivity index (χ2v) is 7.19. The van der Waals surface area contributed by atoms with Gasteiger partial charge in [0, 0.05) is 29.9 Å². The van der Waals surface area contributed by atoms with Gasteiger partial charge in [-0.1, -0.05) is 23.7 Å². The number of likely N-dealkylation sites (tertiary alicyclic amines) is 1. The molecule has 1 aromatic rings.